The second-order valence-electron chi connectivity index (χ2n) is 2.23. The highest BCUT2D eigenvalue weighted by Gasteiger charge is 2.10. The second-order valence-corrected chi connectivity index (χ2v) is 3.17. The Morgan fingerprint density at radius 2 is 2.62 bits per heavy atom. The molecule has 0 saturated heterocycles. The molecule has 70 valence electrons. The van der Waals surface area contributed by atoms with Gasteiger partial charge in [0.2, 0.25) is 0 Å². The third kappa shape index (κ3) is 2.78. The Hall–Kier alpha value is -0.940. The predicted octanol–water partition coefficient (Wildman–Crippen LogP) is 1.59. The summed E-state index contributed by atoms with van der Waals surface area (Å²) in [4.78, 5) is 16.5. The van der Waals surface area contributed by atoms with E-state index >= 15 is 0 Å². The maximum Gasteiger partial charge on any atom is 0.293 e. The van der Waals surface area contributed by atoms with Crippen molar-refractivity contribution in [1.29, 1.82) is 0 Å². The number of hydrogen-bond acceptors (Lipinski definition) is 4. The third-order valence-corrected chi connectivity index (χ3v) is 2.11. The zero-order valence-electron chi connectivity index (χ0n) is 6.57. The highest BCUT2D eigenvalue weighted by molar-refractivity contribution is 7.71. The lowest BCUT2D eigenvalue weighted by Gasteiger charge is -2.06. The third-order valence-electron chi connectivity index (χ3n) is 1.39. The molecule has 1 N–H and O–H groups in total. The first-order chi connectivity index (χ1) is 6.25. The molecule has 1 rings (SSSR count). The molecule has 1 aromatic heterocycles. The Kier molecular flexibility index (Phi) is 3.85. The molecule has 1 aromatic rings. The van der Waals surface area contributed by atoms with E-state index in [4.69, 9.17) is 23.8 Å². The van der Waals surface area contributed by atoms with E-state index in [0.29, 0.717) is 16.7 Å². The number of carbonyl (C=O) groups is 1. The van der Waals surface area contributed by atoms with Crippen LogP contribution in [0.25, 0.3) is 0 Å². The van der Waals surface area contributed by atoms with E-state index in [9.17, 15) is 4.79 Å². The molecular formula is C7H7ClN2O2S. The molecule has 0 radical (unpaired) electrons. The van der Waals surface area contributed by atoms with Gasteiger partial charge < -0.3 is 9.72 Å². The van der Waals surface area contributed by atoms with Crippen molar-refractivity contribution >= 4 is 30.3 Å². The van der Waals surface area contributed by atoms with Crippen LogP contribution in [0.3, 0.4) is 0 Å². The normalized spacial score (nSPS) is 12.1. The van der Waals surface area contributed by atoms with Gasteiger partial charge in [-0.15, -0.1) is 11.6 Å². The maximum atomic E-state index is 9.90. The molecule has 0 aliphatic carbocycles. The van der Waals surface area contributed by atoms with E-state index < -0.39 is 5.38 Å². The number of H-pyrrole nitrogens is 1. The highest BCUT2D eigenvalue weighted by atomic mass is 35.5. The monoisotopic (exact) mass is 218 g/mol. The molecule has 6 heteroatoms. The standard InChI is InChI=1S/C7H7ClN2O2S/c8-6(2-12-4-11)5-1-9-3-10-7(5)13/h1,3-4,6H,2H2,(H,9,10,13). The number of aromatic nitrogens is 2. The van der Waals surface area contributed by atoms with Crippen LogP contribution in [0, 0.1) is 4.64 Å². The maximum absolute atomic E-state index is 9.90. The van der Waals surface area contributed by atoms with Gasteiger partial charge in [0, 0.05) is 11.8 Å². The Labute approximate surface area is 84.9 Å². The summed E-state index contributed by atoms with van der Waals surface area (Å²) in [5, 5.41) is -0.456. The number of aromatic amines is 1. The van der Waals surface area contributed by atoms with Gasteiger partial charge >= 0.3 is 0 Å². The molecule has 0 fully saturated rings. The van der Waals surface area contributed by atoms with Crippen molar-refractivity contribution in [3.63, 3.8) is 0 Å². The van der Waals surface area contributed by atoms with E-state index in [2.05, 4.69) is 14.7 Å². The van der Waals surface area contributed by atoms with Crippen LogP contribution < -0.4 is 0 Å². The van der Waals surface area contributed by atoms with E-state index in [0.717, 1.165) is 0 Å². The van der Waals surface area contributed by atoms with Gasteiger partial charge in [0.1, 0.15) is 11.2 Å². The zero-order chi connectivity index (χ0) is 9.68. The molecule has 4 nitrogen and oxygen atoms in total. The largest absolute Gasteiger partial charge is 0.466 e. The lowest BCUT2D eigenvalue weighted by atomic mass is 10.2. The van der Waals surface area contributed by atoms with E-state index in [1.54, 1.807) is 6.20 Å². The minimum absolute atomic E-state index is 0.0915. The van der Waals surface area contributed by atoms with E-state index in [1.165, 1.54) is 6.33 Å². The van der Waals surface area contributed by atoms with Gasteiger partial charge in [-0.05, 0) is 0 Å². The average Bonchev–Trinajstić information content (AvgIpc) is 2.15. The van der Waals surface area contributed by atoms with Gasteiger partial charge in [-0.1, -0.05) is 12.2 Å². The van der Waals surface area contributed by atoms with Crippen molar-refractivity contribution in [3.05, 3.63) is 22.7 Å². The number of rotatable bonds is 4. The smallest absolute Gasteiger partial charge is 0.293 e. The molecular weight excluding hydrogens is 212 g/mol. The van der Waals surface area contributed by atoms with Crippen LogP contribution >= 0.6 is 23.8 Å². The summed E-state index contributed by atoms with van der Waals surface area (Å²) in [6, 6.07) is 0. The molecule has 0 saturated carbocycles. The van der Waals surface area contributed by atoms with Crippen molar-refractivity contribution in [1.82, 2.24) is 9.97 Å². The molecule has 1 heterocycles. The summed E-state index contributed by atoms with van der Waals surface area (Å²) < 4.78 is 5.01. The van der Waals surface area contributed by atoms with Crippen LogP contribution in [-0.2, 0) is 9.53 Å². The molecule has 0 spiro atoms. The average molecular weight is 219 g/mol. The van der Waals surface area contributed by atoms with Crippen molar-refractivity contribution in [2.45, 2.75) is 5.38 Å². The van der Waals surface area contributed by atoms with Crippen LogP contribution in [0.4, 0.5) is 0 Å². The van der Waals surface area contributed by atoms with Gasteiger partial charge in [-0.25, -0.2) is 4.98 Å². The summed E-state index contributed by atoms with van der Waals surface area (Å²) in [5.41, 5.74) is 0.654. The van der Waals surface area contributed by atoms with Gasteiger partial charge in [0.05, 0.1) is 11.7 Å². The van der Waals surface area contributed by atoms with Crippen molar-refractivity contribution in [2.24, 2.45) is 0 Å². The van der Waals surface area contributed by atoms with E-state index in [-0.39, 0.29) is 6.61 Å². The lowest BCUT2D eigenvalue weighted by molar-refractivity contribution is -0.128. The van der Waals surface area contributed by atoms with Crippen LogP contribution in [0.1, 0.15) is 10.9 Å². The first-order valence-electron chi connectivity index (χ1n) is 3.47. The fourth-order valence-electron chi connectivity index (χ4n) is 0.792. The number of nitrogens with zero attached hydrogens (tertiary/aromatic N) is 1. The van der Waals surface area contributed by atoms with Crippen LogP contribution in [0.2, 0.25) is 0 Å². The van der Waals surface area contributed by atoms with Gasteiger partial charge in [0.25, 0.3) is 6.47 Å². The number of halogens is 1. The fraction of sp³-hybridized carbons (Fsp3) is 0.286. The number of nitrogens with one attached hydrogen (secondary N) is 1. The number of hydrogen-bond donors (Lipinski definition) is 1. The summed E-state index contributed by atoms with van der Waals surface area (Å²) in [6.07, 6.45) is 3.01. The Morgan fingerprint density at radius 1 is 1.85 bits per heavy atom. The highest BCUT2D eigenvalue weighted by Crippen LogP contribution is 2.19. The molecule has 1 atom stereocenters. The minimum atomic E-state index is -0.456. The summed E-state index contributed by atoms with van der Waals surface area (Å²) in [7, 11) is 0. The molecule has 0 aromatic carbocycles. The van der Waals surface area contributed by atoms with E-state index in [1.807, 2.05) is 0 Å². The van der Waals surface area contributed by atoms with Gasteiger partial charge in [-0.2, -0.15) is 0 Å². The number of ether oxygens (including phenoxy) is 1. The Balaban J connectivity index is 2.76. The van der Waals surface area contributed by atoms with Gasteiger partial charge in [0.15, 0.2) is 0 Å². The minimum Gasteiger partial charge on any atom is -0.466 e. The zero-order valence-corrected chi connectivity index (χ0v) is 8.14. The molecule has 0 amide bonds. The van der Waals surface area contributed by atoms with Crippen LogP contribution in [0.15, 0.2) is 12.5 Å². The quantitative estimate of drug-likeness (QED) is 0.474. The fourth-order valence-corrected chi connectivity index (χ4v) is 1.34. The molecule has 0 aliphatic rings. The number of alkyl halides is 1. The van der Waals surface area contributed by atoms with Crippen molar-refractivity contribution in [2.75, 3.05) is 6.61 Å². The first kappa shape index (κ1) is 10.1. The lowest BCUT2D eigenvalue weighted by Crippen LogP contribution is -2.02. The predicted molar refractivity (Wildman–Crippen MR) is 50.0 cm³/mol. The molecule has 13 heavy (non-hydrogen) atoms. The Bertz CT molecular complexity index is 341. The molecule has 0 bridgehead atoms. The molecule has 0 aliphatic heterocycles. The summed E-state index contributed by atoms with van der Waals surface area (Å²) in [5.74, 6) is 0. The van der Waals surface area contributed by atoms with Crippen molar-refractivity contribution < 1.29 is 9.53 Å². The number of carbonyl (C=O) groups excluding carboxylic acids is 1. The summed E-state index contributed by atoms with van der Waals surface area (Å²) >= 11 is 10.8. The summed E-state index contributed by atoms with van der Waals surface area (Å²) in [6.45, 7) is 0.437. The van der Waals surface area contributed by atoms with Crippen LogP contribution in [-0.4, -0.2) is 23.0 Å². The van der Waals surface area contributed by atoms with Crippen molar-refractivity contribution in [3.8, 4) is 0 Å². The SMILES string of the molecule is O=COCC(Cl)c1cnc[nH]c1=S. The van der Waals surface area contributed by atoms with Gasteiger partial charge in [-0.3, -0.25) is 4.79 Å². The Morgan fingerprint density at radius 3 is 3.23 bits per heavy atom. The topological polar surface area (TPSA) is 55.0 Å². The first-order valence-corrected chi connectivity index (χ1v) is 4.32. The second kappa shape index (κ2) is 4.94. The molecule has 1 unspecified atom stereocenters. The van der Waals surface area contributed by atoms with Crippen LogP contribution in [0.5, 0.6) is 0 Å².